The Morgan fingerprint density at radius 3 is 2.71 bits per heavy atom. The molecule has 2 aromatic rings. The quantitative estimate of drug-likeness (QED) is 0.734. The first-order chi connectivity index (χ1) is 13.4. The molecule has 5 nitrogen and oxygen atoms in total. The largest absolute Gasteiger partial charge is 0.349 e. The number of fused-ring (bicyclic) bond motifs is 3. The maximum atomic E-state index is 13.3. The average molecular weight is 403 g/mol. The predicted molar refractivity (Wildman–Crippen MR) is 113 cm³/mol. The molecule has 2 saturated carbocycles. The van der Waals surface area contributed by atoms with E-state index in [4.69, 9.17) is 11.6 Å². The Kier molecular flexibility index (Phi) is 5.38. The third kappa shape index (κ3) is 3.32. The number of nitrogens with zero attached hydrogens (tertiary/aromatic N) is 3. The summed E-state index contributed by atoms with van der Waals surface area (Å²) < 4.78 is 1.92. The average Bonchev–Trinajstić information content (AvgIpc) is 3.36. The second-order valence-electron chi connectivity index (χ2n) is 8.85. The van der Waals surface area contributed by atoms with Crippen LogP contribution < -0.4 is 5.32 Å². The predicted octanol–water partition coefficient (Wildman–Crippen LogP) is 5.06. The number of amides is 1. The molecule has 152 valence electrons. The van der Waals surface area contributed by atoms with Crippen molar-refractivity contribution >= 4 is 28.5 Å². The van der Waals surface area contributed by atoms with E-state index >= 15 is 0 Å². The van der Waals surface area contributed by atoms with E-state index in [-0.39, 0.29) is 11.9 Å². The normalized spacial score (nSPS) is 24.8. The van der Waals surface area contributed by atoms with Crippen molar-refractivity contribution in [1.29, 1.82) is 0 Å². The summed E-state index contributed by atoms with van der Waals surface area (Å²) in [6.45, 7) is 8.92. The van der Waals surface area contributed by atoms with Gasteiger partial charge in [-0.15, -0.1) is 0 Å². The molecule has 2 aromatic heterocycles. The molecule has 1 N–H and O–H groups in total. The topological polar surface area (TPSA) is 59.8 Å². The van der Waals surface area contributed by atoms with Crippen LogP contribution in [0.25, 0.3) is 11.0 Å². The van der Waals surface area contributed by atoms with Gasteiger partial charge >= 0.3 is 0 Å². The third-order valence-corrected chi connectivity index (χ3v) is 7.37. The van der Waals surface area contributed by atoms with Gasteiger partial charge in [-0.25, -0.2) is 9.67 Å². The molecule has 0 aromatic carbocycles. The fourth-order valence-electron chi connectivity index (χ4n) is 5.44. The van der Waals surface area contributed by atoms with Crippen LogP contribution in [-0.2, 0) is 6.54 Å². The minimum atomic E-state index is -0.0890. The lowest BCUT2D eigenvalue weighted by Crippen LogP contribution is -2.40. The Balaban J connectivity index is 1.66. The van der Waals surface area contributed by atoms with Crippen LogP contribution in [0.5, 0.6) is 0 Å². The first-order valence-electron chi connectivity index (χ1n) is 10.7. The first-order valence-corrected chi connectivity index (χ1v) is 11.1. The highest BCUT2D eigenvalue weighted by Gasteiger charge is 2.42. The number of nitrogens with one attached hydrogen (secondary N) is 1. The van der Waals surface area contributed by atoms with Crippen LogP contribution in [0.2, 0.25) is 5.02 Å². The van der Waals surface area contributed by atoms with Gasteiger partial charge in [0, 0.05) is 12.6 Å². The molecule has 1 amide bonds. The Bertz CT molecular complexity index is 906. The molecule has 4 atom stereocenters. The summed E-state index contributed by atoms with van der Waals surface area (Å²) in [7, 11) is 0. The van der Waals surface area contributed by atoms with E-state index < -0.39 is 0 Å². The standard InChI is InChI=1S/C22H31ClN4O/c1-5-6-9-27-21-18(13(3)26-27)19(20(23)14(4)24-21)22(28)25-12(2)17-11-15-7-8-16(17)10-15/h12,15-17H,5-11H2,1-4H3,(H,25,28). The number of pyridine rings is 1. The number of hydrogen-bond acceptors (Lipinski definition) is 3. The van der Waals surface area contributed by atoms with E-state index in [2.05, 4.69) is 29.2 Å². The van der Waals surface area contributed by atoms with Crippen molar-refractivity contribution < 1.29 is 4.79 Å². The van der Waals surface area contributed by atoms with Crippen LogP contribution >= 0.6 is 11.6 Å². The van der Waals surface area contributed by atoms with Gasteiger partial charge in [0.2, 0.25) is 0 Å². The zero-order chi connectivity index (χ0) is 20.0. The summed E-state index contributed by atoms with van der Waals surface area (Å²) in [5.74, 6) is 2.14. The zero-order valence-electron chi connectivity index (χ0n) is 17.4. The molecule has 2 bridgehead atoms. The highest BCUT2D eigenvalue weighted by Crippen LogP contribution is 2.49. The molecule has 0 radical (unpaired) electrons. The summed E-state index contributed by atoms with van der Waals surface area (Å²) in [4.78, 5) is 18.0. The van der Waals surface area contributed by atoms with E-state index in [9.17, 15) is 4.79 Å². The Hall–Kier alpha value is -1.62. The van der Waals surface area contributed by atoms with Gasteiger partial charge in [0.25, 0.3) is 5.91 Å². The van der Waals surface area contributed by atoms with Gasteiger partial charge in [-0.1, -0.05) is 31.4 Å². The number of halogens is 1. The molecule has 0 spiro atoms. The van der Waals surface area contributed by atoms with Crippen molar-refractivity contribution in [2.24, 2.45) is 17.8 Å². The van der Waals surface area contributed by atoms with Crippen molar-refractivity contribution in [1.82, 2.24) is 20.1 Å². The van der Waals surface area contributed by atoms with Gasteiger partial charge in [0.15, 0.2) is 5.65 Å². The summed E-state index contributed by atoms with van der Waals surface area (Å²) in [6, 6.07) is 0.165. The lowest BCUT2D eigenvalue weighted by atomic mass is 9.84. The maximum absolute atomic E-state index is 13.3. The number of aryl methyl sites for hydroxylation is 3. The van der Waals surface area contributed by atoms with E-state index in [0.29, 0.717) is 22.2 Å². The Morgan fingerprint density at radius 2 is 2.07 bits per heavy atom. The van der Waals surface area contributed by atoms with E-state index in [0.717, 1.165) is 47.9 Å². The molecule has 2 heterocycles. The summed E-state index contributed by atoms with van der Waals surface area (Å²) >= 11 is 6.60. The molecule has 6 heteroatoms. The number of carbonyl (C=O) groups excluding carboxylic acids is 1. The number of rotatable bonds is 6. The van der Waals surface area contributed by atoms with Crippen molar-refractivity contribution in [2.75, 3.05) is 0 Å². The van der Waals surface area contributed by atoms with Gasteiger partial charge < -0.3 is 5.32 Å². The first kappa shape index (κ1) is 19.7. The van der Waals surface area contributed by atoms with Gasteiger partial charge in [-0.3, -0.25) is 4.79 Å². The minimum absolute atomic E-state index is 0.0890. The highest BCUT2D eigenvalue weighted by atomic mass is 35.5. The number of aromatic nitrogens is 3. The van der Waals surface area contributed by atoms with Crippen LogP contribution in [0.4, 0.5) is 0 Å². The molecule has 2 fully saturated rings. The van der Waals surface area contributed by atoms with E-state index in [1.54, 1.807) is 0 Å². The number of unbranched alkanes of at least 4 members (excludes halogenated alkanes) is 1. The number of hydrogen-bond donors (Lipinski definition) is 1. The molecular formula is C22H31ClN4O. The van der Waals surface area contributed by atoms with Gasteiger partial charge in [0.05, 0.1) is 27.4 Å². The van der Waals surface area contributed by atoms with Crippen LogP contribution in [0.3, 0.4) is 0 Å². The van der Waals surface area contributed by atoms with Gasteiger partial charge in [0.1, 0.15) is 0 Å². The van der Waals surface area contributed by atoms with Crippen LogP contribution in [0.1, 0.15) is 74.1 Å². The summed E-state index contributed by atoms with van der Waals surface area (Å²) in [5.41, 5.74) is 2.81. The van der Waals surface area contributed by atoms with Crippen LogP contribution in [-0.4, -0.2) is 26.7 Å². The monoisotopic (exact) mass is 402 g/mol. The van der Waals surface area contributed by atoms with Crippen molar-refractivity contribution in [3.63, 3.8) is 0 Å². The molecule has 2 aliphatic rings. The number of carbonyl (C=O) groups is 1. The molecule has 2 aliphatic carbocycles. The minimum Gasteiger partial charge on any atom is -0.349 e. The van der Waals surface area contributed by atoms with Crippen molar-refractivity contribution in [3.8, 4) is 0 Å². The van der Waals surface area contributed by atoms with Crippen LogP contribution in [0, 0.1) is 31.6 Å². The molecule has 0 saturated heterocycles. The van der Waals surface area contributed by atoms with Crippen molar-refractivity contribution in [2.45, 2.75) is 78.8 Å². The Labute approximate surface area is 172 Å². The summed E-state index contributed by atoms with van der Waals surface area (Å²) in [5, 5.41) is 9.17. The molecule has 4 unspecified atom stereocenters. The SMILES string of the molecule is CCCCn1nc(C)c2c(C(=O)NC(C)C3CC4CCC3C4)c(Cl)c(C)nc21. The fraction of sp³-hybridized carbons (Fsp3) is 0.682. The van der Waals surface area contributed by atoms with E-state index in [1.807, 2.05) is 18.5 Å². The van der Waals surface area contributed by atoms with Gasteiger partial charge in [-0.05, 0) is 64.2 Å². The lowest BCUT2D eigenvalue weighted by molar-refractivity contribution is 0.0917. The fourth-order valence-corrected chi connectivity index (χ4v) is 5.67. The third-order valence-electron chi connectivity index (χ3n) is 6.91. The second kappa shape index (κ2) is 7.66. The zero-order valence-corrected chi connectivity index (χ0v) is 18.1. The molecule has 0 aliphatic heterocycles. The molecule has 4 rings (SSSR count). The molecular weight excluding hydrogens is 372 g/mol. The van der Waals surface area contributed by atoms with Crippen LogP contribution in [0.15, 0.2) is 0 Å². The smallest absolute Gasteiger partial charge is 0.253 e. The summed E-state index contributed by atoms with van der Waals surface area (Å²) in [6.07, 6.45) is 7.39. The second-order valence-corrected chi connectivity index (χ2v) is 9.23. The van der Waals surface area contributed by atoms with Gasteiger partial charge in [-0.2, -0.15) is 5.10 Å². The molecule has 28 heavy (non-hydrogen) atoms. The Morgan fingerprint density at radius 1 is 1.29 bits per heavy atom. The van der Waals surface area contributed by atoms with Crippen molar-refractivity contribution in [3.05, 3.63) is 22.0 Å². The lowest BCUT2D eigenvalue weighted by Gasteiger charge is -2.28. The van der Waals surface area contributed by atoms with E-state index in [1.165, 1.54) is 25.7 Å². The highest BCUT2D eigenvalue weighted by molar-refractivity contribution is 6.36. The maximum Gasteiger partial charge on any atom is 0.253 e.